The minimum absolute atomic E-state index is 0.00525. The standard InChI is InChI=1S/C25H22FN5O2S/c26-18-8-10-20(11-9-18)31-23(21-7-4-16-34-21)28-22(29-31)24(32)27-19-12-14-30(15-13-19)25(33)17-5-2-1-3-6-17/h1-11,16,19H,12-15H2,(H,27,32). The van der Waals surface area contributed by atoms with Gasteiger partial charge in [-0.1, -0.05) is 24.3 Å². The highest BCUT2D eigenvalue weighted by atomic mass is 32.1. The minimum Gasteiger partial charge on any atom is -0.346 e. The Morgan fingerprint density at radius 1 is 0.971 bits per heavy atom. The van der Waals surface area contributed by atoms with Gasteiger partial charge in [-0.2, -0.15) is 0 Å². The molecule has 1 fully saturated rings. The third-order valence-corrected chi connectivity index (χ3v) is 6.63. The number of hydrogen-bond donors (Lipinski definition) is 1. The van der Waals surface area contributed by atoms with Crippen LogP contribution in [0.25, 0.3) is 16.4 Å². The van der Waals surface area contributed by atoms with Gasteiger partial charge in [0.15, 0.2) is 5.82 Å². The number of nitrogens with one attached hydrogen (secondary N) is 1. The molecule has 4 aromatic rings. The zero-order chi connectivity index (χ0) is 23.5. The molecule has 172 valence electrons. The summed E-state index contributed by atoms with van der Waals surface area (Å²) < 4.78 is 15.0. The van der Waals surface area contributed by atoms with Gasteiger partial charge in [-0.05, 0) is 60.7 Å². The lowest BCUT2D eigenvalue weighted by molar-refractivity contribution is 0.0697. The van der Waals surface area contributed by atoms with E-state index < -0.39 is 0 Å². The van der Waals surface area contributed by atoms with Crippen LogP contribution in [-0.2, 0) is 0 Å². The highest BCUT2D eigenvalue weighted by molar-refractivity contribution is 7.13. The van der Waals surface area contributed by atoms with Crippen molar-refractivity contribution >= 4 is 23.2 Å². The number of amides is 2. The van der Waals surface area contributed by atoms with Crippen LogP contribution in [0.4, 0.5) is 4.39 Å². The zero-order valence-corrected chi connectivity index (χ0v) is 19.0. The molecule has 1 N–H and O–H groups in total. The molecule has 0 unspecified atom stereocenters. The highest BCUT2D eigenvalue weighted by Gasteiger charge is 2.27. The quantitative estimate of drug-likeness (QED) is 0.470. The molecule has 0 bridgehead atoms. The molecule has 5 rings (SSSR count). The Morgan fingerprint density at radius 2 is 1.71 bits per heavy atom. The van der Waals surface area contributed by atoms with Gasteiger partial charge in [0.05, 0.1) is 10.6 Å². The average molecular weight is 476 g/mol. The summed E-state index contributed by atoms with van der Waals surface area (Å²) >= 11 is 1.48. The van der Waals surface area contributed by atoms with Gasteiger partial charge < -0.3 is 10.2 Å². The molecule has 2 aromatic heterocycles. The Hall–Kier alpha value is -3.85. The van der Waals surface area contributed by atoms with Crippen LogP contribution < -0.4 is 5.32 Å². The van der Waals surface area contributed by atoms with Gasteiger partial charge >= 0.3 is 0 Å². The van der Waals surface area contributed by atoms with Crippen LogP contribution in [0.15, 0.2) is 72.1 Å². The maximum absolute atomic E-state index is 13.4. The summed E-state index contributed by atoms with van der Waals surface area (Å²) in [6.07, 6.45) is 1.31. The van der Waals surface area contributed by atoms with Crippen LogP contribution in [0.5, 0.6) is 0 Å². The summed E-state index contributed by atoms with van der Waals surface area (Å²) in [6.45, 7) is 1.13. The second-order valence-corrected chi connectivity index (χ2v) is 8.98. The minimum atomic E-state index is -0.369. The fraction of sp³-hybridized carbons (Fsp3) is 0.200. The summed E-state index contributed by atoms with van der Waals surface area (Å²) in [4.78, 5) is 32.8. The average Bonchev–Trinajstić information content (AvgIpc) is 3.55. The number of nitrogens with zero attached hydrogens (tertiary/aromatic N) is 4. The van der Waals surface area contributed by atoms with Crippen molar-refractivity contribution in [2.45, 2.75) is 18.9 Å². The van der Waals surface area contributed by atoms with E-state index in [0.717, 1.165) is 4.88 Å². The van der Waals surface area contributed by atoms with Crippen molar-refractivity contribution in [1.29, 1.82) is 0 Å². The van der Waals surface area contributed by atoms with E-state index in [0.29, 0.717) is 43.0 Å². The van der Waals surface area contributed by atoms with Gasteiger partial charge in [-0.3, -0.25) is 9.59 Å². The topological polar surface area (TPSA) is 80.1 Å². The van der Waals surface area contributed by atoms with E-state index in [4.69, 9.17) is 0 Å². The molecule has 0 atom stereocenters. The molecule has 0 spiro atoms. The van der Waals surface area contributed by atoms with Crippen LogP contribution in [-0.4, -0.2) is 50.6 Å². The predicted octanol–water partition coefficient (Wildman–Crippen LogP) is 4.17. The summed E-state index contributed by atoms with van der Waals surface area (Å²) in [5.74, 6) is -0.140. The third-order valence-electron chi connectivity index (χ3n) is 5.76. The second-order valence-electron chi connectivity index (χ2n) is 8.03. The monoisotopic (exact) mass is 475 g/mol. The molecule has 7 nitrogen and oxygen atoms in total. The number of thiophene rings is 1. The molecule has 1 aliphatic heterocycles. The maximum atomic E-state index is 13.4. The van der Waals surface area contributed by atoms with Gasteiger partial charge in [0.2, 0.25) is 5.82 Å². The SMILES string of the molecule is O=C(NC1CCN(C(=O)c2ccccc2)CC1)c1nc(-c2cccs2)n(-c2ccc(F)cc2)n1. The molecule has 1 saturated heterocycles. The maximum Gasteiger partial charge on any atom is 0.291 e. The molecular formula is C25H22FN5O2S. The zero-order valence-electron chi connectivity index (χ0n) is 18.2. The van der Waals surface area contributed by atoms with E-state index in [9.17, 15) is 14.0 Å². The molecule has 2 amide bonds. The normalized spacial score (nSPS) is 14.2. The summed E-state index contributed by atoms with van der Waals surface area (Å²) in [5.41, 5.74) is 1.28. The Balaban J connectivity index is 1.28. The number of piperidine rings is 1. The van der Waals surface area contributed by atoms with E-state index in [1.165, 1.54) is 23.5 Å². The second kappa shape index (κ2) is 9.56. The number of rotatable bonds is 5. The number of likely N-dealkylation sites (tertiary alicyclic amines) is 1. The Morgan fingerprint density at radius 3 is 2.38 bits per heavy atom. The Labute approximate surface area is 199 Å². The molecule has 34 heavy (non-hydrogen) atoms. The lowest BCUT2D eigenvalue weighted by Gasteiger charge is -2.32. The number of halogens is 1. The largest absolute Gasteiger partial charge is 0.346 e. The first-order valence-electron chi connectivity index (χ1n) is 11.0. The highest BCUT2D eigenvalue weighted by Crippen LogP contribution is 2.26. The summed E-state index contributed by atoms with van der Waals surface area (Å²) in [6, 6.07) is 18.8. The number of carbonyl (C=O) groups is 2. The van der Waals surface area contributed by atoms with E-state index >= 15 is 0 Å². The molecular weight excluding hydrogens is 453 g/mol. The first-order valence-corrected chi connectivity index (χ1v) is 11.9. The van der Waals surface area contributed by atoms with Crippen LogP contribution in [0.3, 0.4) is 0 Å². The molecule has 2 aromatic carbocycles. The first-order chi connectivity index (χ1) is 16.6. The van der Waals surface area contributed by atoms with Gasteiger partial charge in [0.1, 0.15) is 5.82 Å². The van der Waals surface area contributed by atoms with Crippen molar-refractivity contribution in [3.8, 4) is 16.4 Å². The third kappa shape index (κ3) is 4.60. The molecule has 9 heteroatoms. The van der Waals surface area contributed by atoms with E-state index in [-0.39, 0.29) is 29.5 Å². The Bertz CT molecular complexity index is 1280. The lowest BCUT2D eigenvalue weighted by atomic mass is 10.0. The molecule has 0 aliphatic carbocycles. The fourth-order valence-corrected chi connectivity index (χ4v) is 4.67. The summed E-state index contributed by atoms with van der Waals surface area (Å²) in [5, 5.41) is 9.36. The smallest absolute Gasteiger partial charge is 0.291 e. The predicted molar refractivity (Wildman–Crippen MR) is 127 cm³/mol. The number of benzene rings is 2. The van der Waals surface area contributed by atoms with Gasteiger partial charge in [0, 0.05) is 24.7 Å². The molecule has 3 heterocycles. The van der Waals surface area contributed by atoms with E-state index in [1.807, 2.05) is 52.7 Å². The van der Waals surface area contributed by atoms with Crippen molar-refractivity contribution in [3.63, 3.8) is 0 Å². The van der Waals surface area contributed by atoms with Crippen LogP contribution in [0.1, 0.15) is 33.8 Å². The first kappa shape index (κ1) is 22.0. The van der Waals surface area contributed by atoms with Crippen molar-refractivity contribution in [3.05, 3.63) is 89.3 Å². The van der Waals surface area contributed by atoms with Gasteiger partial charge in [-0.25, -0.2) is 14.1 Å². The molecule has 1 aliphatic rings. The summed E-state index contributed by atoms with van der Waals surface area (Å²) in [7, 11) is 0. The van der Waals surface area contributed by atoms with E-state index in [2.05, 4.69) is 15.4 Å². The molecule has 0 radical (unpaired) electrons. The molecule has 0 saturated carbocycles. The van der Waals surface area contributed by atoms with Gasteiger partial charge in [0.25, 0.3) is 11.8 Å². The van der Waals surface area contributed by atoms with E-state index in [1.54, 1.807) is 16.8 Å². The number of carbonyl (C=O) groups excluding carboxylic acids is 2. The van der Waals surface area contributed by atoms with Crippen LogP contribution in [0, 0.1) is 5.82 Å². The van der Waals surface area contributed by atoms with Crippen molar-refractivity contribution in [2.75, 3.05) is 13.1 Å². The van der Waals surface area contributed by atoms with Crippen LogP contribution >= 0.6 is 11.3 Å². The van der Waals surface area contributed by atoms with Gasteiger partial charge in [-0.15, -0.1) is 16.4 Å². The van der Waals surface area contributed by atoms with Crippen molar-refractivity contribution in [2.24, 2.45) is 0 Å². The number of aromatic nitrogens is 3. The van der Waals surface area contributed by atoms with Crippen molar-refractivity contribution < 1.29 is 14.0 Å². The Kier molecular flexibility index (Phi) is 6.18. The lowest BCUT2D eigenvalue weighted by Crippen LogP contribution is -2.46. The van der Waals surface area contributed by atoms with Crippen LogP contribution in [0.2, 0.25) is 0 Å². The van der Waals surface area contributed by atoms with Crippen molar-refractivity contribution in [1.82, 2.24) is 25.0 Å². The fourth-order valence-electron chi connectivity index (χ4n) is 3.98. The number of hydrogen-bond acceptors (Lipinski definition) is 5.